The zero-order chi connectivity index (χ0) is 24.5. The summed E-state index contributed by atoms with van der Waals surface area (Å²) in [6.45, 7) is 8.57. The summed E-state index contributed by atoms with van der Waals surface area (Å²) in [4.78, 5) is 14.4. The van der Waals surface area contributed by atoms with Crippen molar-refractivity contribution in [3.8, 4) is 0 Å². The number of aryl methyl sites for hydroxylation is 2. The second-order valence-corrected chi connectivity index (χ2v) is 10.6. The number of ether oxygens (including phenoxy) is 1. The minimum absolute atomic E-state index is 0.163. The van der Waals surface area contributed by atoms with E-state index in [1.165, 1.54) is 11.3 Å². The van der Waals surface area contributed by atoms with Gasteiger partial charge >= 0.3 is 5.97 Å². The Kier molecular flexibility index (Phi) is 7.07. The van der Waals surface area contributed by atoms with Crippen molar-refractivity contribution >= 4 is 39.9 Å². The van der Waals surface area contributed by atoms with Crippen LogP contribution in [0, 0.1) is 12.3 Å². The molecular formula is C26H28ClN3O3S. The van der Waals surface area contributed by atoms with Crippen molar-refractivity contribution < 1.29 is 14.6 Å². The Hall–Kier alpha value is -2.74. The number of aliphatic hydroxyl groups is 1. The highest BCUT2D eigenvalue weighted by molar-refractivity contribution is 7.16. The lowest BCUT2D eigenvalue weighted by molar-refractivity contribution is -0.156. The lowest BCUT2D eigenvalue weighted by atomic mass is 9.72. The number of thiophene rings is 1. The van der Waals surface area contributed by atoms with Gasteiger partial charge in [-0.25, -0.2) is 4.68 Å². The van der Waals surface area contributed by atoms with Gasteiger partial charge in [-0.15, -0.1) is 16.4 Å². The molecule has 0 aliphatic heterocycles. The summed E-state index contributed by atoms with van der Waals surface area (Å²) < 4.78 is 8.15. The molecule has 4 rings (SSSR count). The average Bonchev–Trinajstić information content (AvgIpc) is 3.42. The summed E-state index contributed by atoms with van der Waals surface area (Å²) in [5.41, 5.74) is 4.33. The number of esters is 1. The van der Waals surface area contributed by atoms with Gasteiger partial charge in [0.25, 0.3) is 0 Å². The highest BCUT2D eigenvalue weighted by Crippen LogP contribution is 2.48. The Morgan fingerprint density at radius 3 is 2.62 bits per heavy atom. The van der Waals surface area contributed by atoms with Crippen molar-refractivity contribution in [2.45, 2.75) is 53.4 Å². The number of nitrogens with zero attached hydrogens (tertiary/aromatic N) is 3. The van der Waals surface area contributed by atoms with Gasteiger partial charge in [0.15, 0.2) is 0 Å². The third kappa shape index (κ3) is 4.48. The minimum atomic E-state index is -0.922. The van der Waals surface area contributed by atoms with Crippen LogP contribution in [0.4, 0.5) is 0 Å². The van der Waals surface area contributed by atoms with Gasteiger partial charge in [0.05, 0.1) is 21.9 Å². The molecule has 1 atom stereocenters. The van der Waals surface area contributed by atoms with E-state index in [1.807, 2.05) is 80.9 Å². The van der Waals surface area contributed by atoms with Gasteiger partial charge in [0, 0.05) is 22.9 Å². The van der Waals surface area contributed by atoms with Crippen molar-refractivity contribution in [2.24, 2.45) is 5.41 Å². The first kappa shape index (κ1) is 24.4. The predicted molar refractivity (Wildman–Crippen MR) is 135 cm³/mol. The van der Waals surface area contributed by atoms with Gasteiger partial charge in [0.1, 0.15) is 12.1 Å². The SMILES string of the molecule is CCn1nnc2c(C)c([C@H](c3cc(CO)c(Cl)s3)C(C)(C)C(=O)OCc3ccccc3)ccc21. The zero-order valence-corrected chi connectivity index (χ0v) is 21.3. The Morgan fingerprint density at radius 1 is 1.24 bits per heavy atom. The van der Waals surface area contributed by atoms with Crippen molar-refractivity contribution in [3.05, 3.63) is 80.0 Å². The van der Waals surface area contributed by atoms with E-state index in [0.29, 0.717) is 9.90 Å². The van der Waals surface area contributed by atoms with Crippen LogP contribution in [0.5, 0.6) is 0 Å². The molecule has 1 N–H and O–H groups in total. The molecule has 2 aromatic carbocycles. The van der Waals surface area contributed by atoms with E-state index in [9.17, 15) is 9.90 Å². The molecule has 0 aliphatic rings. The summed E-state index contributed by atoms with van der Waals surface area (Å²) in [7, 11) is 0. The zero-order valence-electron chi connectivity index (χ0n) is 19.7. The Balaban J connectivity index is 1.78. The van der Waals surface area contributed by atoms with E-state index in [0.717, 1.165) is 39.1 Å². The summed E-state index contributed by atoms with van der Waals surface area (Å²) in [6.07, 6.45) is 0. The molecule has 0 amide bonds. The number of hydrogen-bond donors (Lipinski definition) is 1. The number of fused-ring (bicyclic) bond motifs is 1. The van der Waals surface area contributed by atoms with E-state index in [2.05, 4.69) is 10.3 Å². The highest BCUT2D eigenvalue weighted by Gasteiger charge is 2.42. The second-order valence-electron chi connectivity index (χ2n) is 8.87. The predicted octanol–water partition coefficient (Wildman–Crippen LogP) is 5.87. The highest BCUT2D eigenvalue weighted by atomic mass is 35.5. The van der Waals surface area contributed by atoms with Crippen LogP contribution in [0.1, 0.15) is 53.8 Å². The molecule has 0 unspecified atom stereocenters. The number of carbonyl (C=O) groups is 1. The van der Waals surface area contributed by atoms with Gasteiger partial charge in [-0.1, -0.05) is 53.2 Å². The van der Waals surface area contributed by atoms with Gasteiger partial charge in [-0.05, 0) is 56.5 Å². The lowest BCUT2D eigenvalue weighted by Gasteiger charge is -2.33. The molecule has 0 aliphatic carbocycles. The third-order valence-corrected chi connectivity index (χ3v) is 7.79. The maximum Gasteiger partial charge on any atom is 0.312 e. The normalized spacial score (nSPS) is 12.8. The van der Waals surface area contributed by atoms with E-state index in [4.69, 9.17) is 16.3 Å². The van der Waals surface area contributed by atoms with E-state index in [1.54, 1.807) is 0 Å². The Morgan fingerprint density at radius 2 is 1.97 bits per heavy atom. The van der Waals surface area contributed by atoms with Crippen molar-refractivity contribution in [1.82, 2.24) is 15.0 Å². The van der Waals surface area contributed by atoms with E-state index < -0.39 is 5.41 Å². The van der Waals surface area contributed by atoms with Crippen LogP contribution in [0.2, 0.25) is 4.34 Å². The fourth-order valence-corrected chi connectivity index (χ4v) is 5.91. The maximum atomic E-state index is 13.5. The Bertz CT molecular complexity index is 1310. The third-order valence-electron chi connectivity index (χ3n) is 6.28. The number of hydrogen-bond acceptors (Lipinski definition) is 6. The largest absolute Gasteiger partial charge is 0.460 e. The maximum absolute atomic E-state index is 13.5. The molecule has 2 aromatic heterocycles. The van der Waals surface area contributed by atoms with E-state index in [-0.39, 0.29) is 25.1 Å². The molecule has 0 spiro atoms. The lowest BCUT2D eigenvalue weighted by Crippen LogP contribution is -2.34. The van der Waals surface area contributed by atoms with Crippen LogP contribution >= 0.6 is 22.9 Å². The van der Waals surface area contributed by atoms with Gasteiger partial charge in [0.2, 0.25) is 0 Å². The number of halogens is 1. The first-order valence-electron chi connectivity index (χ1n) is 11.2. The first-order chi connectivity index (χ1) is 16.3. The number of rotatable bonds is 8. The molecule has 0 radical (unpaired) electrons. The quantitative estimate of drug-likeness (QED) is 0.308. The monoisotopic (exact) mass is 497 g/mol. The molecule has 0 fully saturated rings. The number of benzene rings is 2. The van der Waals surface area contributed by atoms with Crippen LogP contribution in [-0.4, -0.2) is 26.1 Å². The number of aliphatic hydroxyl groups excluding tert-OH is 1. The van der Waals surface area contributed by atoms with Crippen LogP contribution in [0.3, 0.4) is 0 Å². The summed E-state index contributed by atoms with van der Waals surface area (Å²) >= 11 is 7.80. The molecule has 0 bridgehead atoms. The van der Waals surface area contributed by atoms with Crippen LogP contribution in [0.15, 0.2) is 48.5 Å². The molecule has 4 aromatic rings. The molecule has 2 heterocycles. The standard InChI is InChI=1S/C26H28ClN3O3S/c1-5-30-20-12-11-19(16(2)23(20)28-29-30)22(21-13-18(14-31)24(27)34-21)26(3,4)25(32)33-15-17-9-7-6-8-10-17/h6-13,22,31H,5,14-15H2,1-4H3/t22-/m1/s1. The van der Waals surface area contributed by atoms with Gasteiger partial charge < -0.3 is 9.84 Å². The van der Waals surface area contributed by atoms with Crippen molar-refractivity contribution in [1.29, 1.82) is 0 Å². The smallest absolute Gasteiger partial charge is 0.312 e. The fourth-order valence-electron chi connectivity index (χ4n) is 4.33. The molecular weight excluding hydrogens is 470 g/mol. The minimum Gasteiger partial charge on any atom is -0.460 e. The summed E-state index contributed by atoms with van der Waals surface area (Å²) in [6, 6.07) is 15.6. The van der Waals surface area contributed by atoms with Crippen LogP contribution in [0.25, 0.3) is 11.0 Å². The van der Waals surface area contributed by atoms with Gasteiger partial charge in [-0.3, -0.25) is 4.79 Å². The van der Waals surface area contributed by atoms with Gasteiger partial charge in [-0.2, -0.15) is 0 Å². The molecule has 6 nitrogen and oxygen atoms in total. The second kappa shape index (κ2) is 9.86. The molecule has 8 heteroatoms. The van der Waals surface area contributed by atoms with E-state index >= 15 is 0 Å². The molecule has 178 valence electrons. The molecule has 0 saturated heterocycles. The summed E-state index contributed by atoms with van der Waals surface area (Å²) in [5.74, 6) is -0.664. The molecule has 0 saturated carbocycles. The first-order valence-corrected chi connectivity index (χ1v) is 12.4. The average molecular weight is 498 g/mol. The van der Waals surface area contributed by atoms with Crippen LogP contribution in [-0.2, 0) is 29.3 Å². The number of carbonyl (C=O) groups excluding carboxylic acids is 1. The van der Waals surface area contributed by atoms with Crippen molar-refractivity contribution in [3.63, 3.8) is 0 Å². The van der Waals surface area contributed by atoms with Crippen LogP contribution < -0.4 is 0 Å². The van der Waals surface area contributed by atoms with Crippen molar-refractivity contribution in [2.75, 3.05) is 0 Å². The number of aromatic nitrogens is 3. The molecule has 34 heavy (non-hydrogen) atoms. The fraction of sp³-hybridized carbons (Fsp3) is 0.346. The Labute approximate surface area is 208 Å². The summed E-state index contributed by atoms with van der Waals surface area (Å²) in [5, 5.41) is 18.4. The topological polar surface area (TPSA) is 77.2 Å².